The summed E-state index contributed by atoms with van der Waals surface area (Å²) in [7, 11) is 0. The van der Waals surface area contributed by atoms with Crippen LogP contribution in [0.4, 0.5) is 11.4 Å². The van der Waals surface area contributed by atoms with Gasteiger partial charge in [0.25, 0.3) is 11.6 Å². The lowest BCUT2D eigenvalue weighted by atomic mass is 10.2. The number of nitro groups is 1. The molecular formula is C22H28N6O4. The van der Waals surface area contributed by atoms with Gasteiger partial charge in [0.05, 0.1) is 11.1 Å². The number of aromatic nitrogens is 2. The number of piperazine rings is 1. The van der Waals surface area contributed by atoms with Crippen molar-refractivity contribution in [3.05, 3.63) is 58.7 Å². The number of unbranched alkanes of at least 4 members (excludes halogenated alkanes) is 1. The van der Waals surface area contributed by atoms with Crippen LogP contribution >= 0.6 is 0 Å². The van der Waals surface area contributed by atoms with E-state index in [0.717, 1.165) is 18.5 Å². The Morgan fingerprint density at radius 2 is 1.81 bits per heavy atom. The minimum Gasteiger partial charge on any atom is -0.368 e. The van der Waals surface area contributed by atoms with E-state index in [-0.39, 0.29) is 29.6 Å². The summed E-state index contributed by atoms with van der Waals surface area (Å²) in [6.07, 6.45) is 6.51. The SMILES string of the molecule is CCCCN(CCC(=O)N1CCN(c2ccc([N+](=O)[O-])cc2)CC1)C(=O)c1cnccn1. The van der Waals surface area contributed by atoms with Gasteiger partial charge in [0.1, 0.15) is 5.69 Å². The smallest absolute Gasteiger partial charge is 0.274 e. The average molecular weight is 441 g/mol. The molecule has 1 aliphatic heterocycles. The van der Waals surface area contributed by atoms with Gasteiger partial charge in [0.2, 0.25) is 5.91 Å². The normalized spacial score (nSPS) is 13.7. The number of nitro benzene ring substituents is 1. The highest BCUT2D eigenvalue weighted by Crippen LogP contribution is 2.21. The van der Waals surface area contributed by atoms with Crippen molar-refractivity contribution >= 4 is 23.2 Å². The fraction of sp³-hybridized carbons (Fsp3) is 0.455. The van der Waals surface area contributed by atoms with E-state index in [9.17, 15) is 19.7 Å². The van der Waals surface area contributed by atoms with Crippen LogP contribution in [0.3, 0.4) is 0 Å². The first-order valence-corrected chi connectivity index (χ1v) is 10.8. The largest absolute Gasteiger partial charge is 0.368 e. The summed E-state index contributed by atoms with van der Waals surface area (Å²) in [6, 6.07) is 6.45. The number of nitrogens with zero attached hydrogens (tertiary/aromatic N) is 6. The minimum absolute atomic E-state index is 0.0155. The van der Waals surface area contributed by atoms with Crippen LogP contribution in [0.5, 0.6) is 0 Å². The van der Waals surface area contributed by atoms with Crippen molar-refractivity contribution in [1.29, 1.82) is 0 Å². The first-order chi connectivity index (χ1) is 15.5. The van der Waals surface area contributed by atoms with Crippen molar-refractivity contribution < 1.29 is 14.5 Å². The van der Waals surface area contributed by atoms with E-state index in [1.54, 1.807) is 17.0 Å². The molecule has 0 spiro atoms. The molecule has 3 rings (SSSR count). The maximum absolute atomic E-state index is 12.8. The lowest BCUT2D eigenvalue weighted by molar-refractivity contribution is -0.384. The van der Waals surface area contributed by atoms with Gasteiger partial charge in [-0.1, -0.05) is 13.3 Å². The quantitative estimate of drug-likeness (QED) is 0.434. The highest BCUT2D eigenvalue weighted by molar-refractivity contribution is 5.92. The van der Waals surface area contributed by atoms with Gasteiger partial charge in [0.15, 0.2) is 0 Å². The van der Waals surface area contributed by atoms with Crippen LogP contribution in [0.25, 0.3) is 0 Å². The standard InChI is InChI=1S/C22H28N6O4/c1-2-3-11-27(22(30)20-17-23-9-10-24-20)12-8-21(29)26-15-13-25(14-16-26)18-4-6-19(7-5-18)28(31)32/h4-7,9-10,17H,2-3,8,11-16H2,1H3. The fourth-order valence-corrected chi connectivity index (χ4v) is 3.62. The summed E-state index contributed by atoms with van der Waals surface area (Å²) < 4.78 is 0. The third-order valence-electron chi connectivity index (χ3n) is 5.50. The molecule has 32 heavy (non-hydrogen) atoms. The van der Waals surface area contributed by atoms with E-state index in [1.807, 2.05) is 4.90 Å². The number of anilines is 1. The molecular weight excluding hydrogens is 412 g/mol. The Balaban J connectivity index is 1.51. The number of hydrogen-bond acceptors (Lipinski definition) is 7. The molecule has 0 radical (unpaired) electrons. The van der Waals surface area contributed by atoms with Gasteiger partial charge in [0, 0.05) is 75.9 Å². The zero-order chi connectivity index (χ0) is 22.9. The van der Waals surface area contributed by atoms with Crippen molar-refractivity contribution in [1.82, 2.24) is 19.8 Å². The van der Waals surface area contributed by atoms with E-state index in [2.05, 4.69) is 21.8 Å². The molecule has 1 aromatic heterocycles. The monoisotopic (exact) mass is 440 g/mol. The maximum Gasteiger partial charge on any atom is 0.274 e. The predicted octanol–water partition coefficient (Wildman–Crippen LogP) is 2.37. The first-order valence-electron chi connectivity index (χ1n) is 10.8. The van der Waals surface area contributed by atoms with Crippen LogP contribution in [-0.2, 0) is 4.79 Å². The average Bonchev–Trinajstić information content (AvgIpc) is 2.84. The Hall–Kier alpha value is -3.56. The molecule has 170 valence electrons. The summed E-state index contributed by atoms with van der Waals surface area (Å²) in [5.74, 6) is -0.191. The van der Waals surface area contributed by atoms with Crippen LogP contribution in [0.2, 0.25) is 0 Å². The van der Waals surface area contributed by atoms with Crippen molar-refractivity contribution in [2.75, 3.05) is 44.2 Å². The van der Waals surface area contributed by atoms with Crippen molar-refractivity contribution in [2.45, 2.75) is 26.2 Å². The highest BCUT2D eigenvalue weighted by Gasteiger charge is 2.23. The van der Waals surface area contributed by atoms with Gasteiger partial charge in [-0.05, 0) is 18.6 Å². The van der Waals surface area contributed by atoms with E-state index in [4.69, 9.17) is 0 Å². The maximum atomic E-state index is 12.8. The number of non-ortho nitro benzene ring substituents is 1. The third kappa shape index (κ3) is 5.99. The number of carbonyl (C=O) groups is 2. The van der Waals surface area contributed by atoms with Crippen LogP contribution in [0, 0.1) is 10.1 Å². The molecule has 2 aromatic rings. The summed E-state index contributed by atoms with van der Waals surface area (Å²) in [5.41, 5.74) is 1.25. The third-order valence-corrected chi connectivity index (χ3v) is 5.50. The molecule has 2 amide bonds. The molecule has 0 unspecified atom stereocenters. The summed E-state index contributed by atoms with van der Waals surface area (Å²) in [6.45, 7) is 5.43. The Morgan fingerprint density at radius 1 is 1.09 bits per heavy atom. The van der Waals surface area contributed by atoms with Crippen LogP contribution in [0.1, 0.15) is 36.7 Å². The Kier molecular flexibility index (Phi) is 8.07. The first kappa shape index (κ1) is 23.1. The van der Waals surface area contributed by atoms with Crippen molar-refractivity contribution in [2.24, 2.45) is 0 Å². The van der Waals surface area contributed by atoms with Gasteiger partial charge in [-0.3, -0.25) is 24.7 Å². The number of benzene rings is 1. The molecule has 10 heteroatoms. The molecule has 10 nitrogen and oxygen atoms in total. The van der Waals surface area contributed by atoms with E-state index in [1.165, 1.54) is 30.7 Å². The molecule has 2 heterocycles. The summed E-state index contributed by atoms with van der Waals surface area (Å²) in [5, 5.41) is 10.8. The van der Waals surface area contributed by atoms with Crippen molar-refractivity contribution in [3.8, 4) is 0 Å². The summed E-state index contributed by atoms with van der Waals surface area (Å²) in [4.78, 5) is 49.6. The van der Waals surface area contributed by atoms with Crippen LogP contribution in [0.15, 0.2) is 42.9 Å². The van der Waals surface area contributed by atoms with Gasteiger partial charge < -0.3 is 14.7 Å². The van der Waals surface area contributed by atoms with Gasteiger partial charge in [-0.2, -0.15) is 0 Å². The number of amides is 2. The minimum atomic E-state index is -0.417. The number of rotatable bonds is 9. The second-order valence-electron chi connectivity index (χ2n) is 7.63. The molecule has 0 bridgehead atoms. The lowest BCUT2D eigenvalue weighted by Gasteiger charge is -2.36. The second-order valence-corrected chi connectivity index (χ2v) is 7.63. The zero-order valence-electron chi connectivity index (χ0n) is 18.2. The van der Waals surface area contributed by atoms with Crippen LogP contribution < -0.4 is 4.90 Å². The molecule has 0 saturated carbocycles. The van der Waals surface area contributed by atoms with Gasteiger partial charge in [-0.25, -0.2) is 4.98 Å². The number of carbonyl (C=O) groups excluding carboxylic acids is 2. The van der Waals surface area contributed by atoms with Crippen LogP contribution in [-0.4, -0.2) is 75.8 Å². The molecule has 0 aliphatic carbocycles. The second kappa shape index (κ2) is 11.2. The van der Waals surface area contributed by atoms with Crippen molar-refractivity contribution in [3.63, 3.8) is 0 Å². The van der Waals surface area contributed by atoms with Gasteiger partial charge in [-0.15, -0.1) is 0 Å². The number of hydrogen-bond donors (Lipinski definition) is 0. The van der Waals surface area contributed by atoms with E-state index >= 15 is 0 Å². The predicted molar refractivity (Wildman–Crippen MR) is 119 cm³/mol. The molecule has 0 atom stereocenters. The Bertz CT molecular complexity index is 914. The highest BCUT2D eigenvalue weighted by atomic mass is 16.6. The van der Waals surface area contributed by atoms with Gasteiger partial charge >= 0.3 is 0 Å². The molecule has 1 saturated heterocycles. The molecule has 1 aliphatic rings. The zero-order valence-corrected chi connectivity index (χ0v) is 18.2. The molecule has 1 aromatic carbocycles. The molecule has 1 fully saturated rings. The fourth-order valence-electron chi connectivity index (χ4n) is 3.62. The molecule has 0 N–H and O–H groups in total. The van der Waals surface area contributed by atoms with E-state index < -0.39 is 4.92 Å². The lowest BCUT2D eigenvalue weighted by Crippen LogP contribution is -2.49. The topological polar surface area (TPSA) is 113 Å². The Morgan fingerprint density at radius 3 is 2.41 bits per heavy atom. The van der Waals surface area contributed by atoms with E-state index in [0.29, 0.717) is 39.3 Å². The Labute approximate surface area is 187 Å². The summed E-state index contributed by atoms with van der Waals surface area (Å²) >= 11 is 0.